The zero-order valence-corrected chi connectivity index (χ0v) is 21.8. The van der Waals surface area contributed by atoms with E-state index >= 15 is 0 Å². The van der Waals surface area contributed by atoms with Crippen molar-refractivity contribution in [2.75, 3.05) is 27.4 Å². The molecular formula is C26H34O13. The van der Waals surface area contributed by atoms with Crippen LogP contribution in [0.4, 0.5) is 0 Å². The first kappa shape index (κ1) is 30.3. The predicted octanol–water partition coefficient (Wildman–Crippen LogP) is -0.331. The molecule has 0 bridgehead atoms. The molecule has 7 atom stereocenters. The zero-order chi connectivity index (χ0) is 28.7. The number of phenolic OH excluding ortho intramolecular Hbond substituents is 1. The maximum absolute atomic E-state index is 12.8. The van der Waals surface area contributed by atoms with Gasteiger partial charge in [-0.1, -0.05) is 12.1 Å². The van der Waals surface area contributed by atoms with Gasteiger partial charge in [0.2, 0.25) is 6.29 Å². The topological polar surface area (TPSA) is 191 Å². The van der Waals surface area contributed by atoms with Crippen LogP contribution in [0.5, 0.6) is 11.5 Å². The van der Waals surface area contributed by atoms with Crippen molar-refractivity contribution in [2.24, 2.45) is 5.92 Å². The number of methoxy groups -OCH3 is 2. The number of benzene rings is 1. The van der Waals surface area contributed by atoms with Gasteiger partial charge in [0.15, 0.2) is 17.8 Å². The summed E-state index contributed by atoms with van der Waals surface area (Å²) in [4.78, 5) is 25.2. The fourth-order valence-electron chi connectivity index (χ4n) is 4.32. The molecule has 1 aromatic rings. The highest BCUT2D eigenvalue weighted by Gasteiger charge is 2.46. The summed E-state index contributed by atoms with van der Waals surface area (Å²) < 4.78 is 31.8. The van der Waals surface area contributed by atoms with Crippen LogP contribution in [0.15, 0.2) is 41.7 Å². The SMILES string of the molecule is CC=C1[C@H](O[C@@H]2O[C@H](CO)[C@@H](O)[C@H](O)[C@H]2O)OC=C(C(=O)OC)[C@H]1CC(=O)OCCc1ccc(OC)c(O)c1. The van der Waals surface area contributed by atoms with Gasteiger partial charge >= 0.3 is 11.9 Å². The molecule has 3 rings (SSSR count). The summed E-state index contributed by atoms with van der Waals surface area (Å²) in [7, 11) is 2.61. The number of hydrogen-bond acceptors (Lipinski definition) is 13. The van der Waals surface area contributed by atoms with Crippen molar-refractivity contribution in [2.45, 2.75) is 56.8 Å². The molecule has 0 saturated carbocycles. The Kier molecular flexibility index (Phi) is 10.7. The van der Waals surface area contributed by atoms with Crippen LogP contribution in [0.1, 0.15) is 18.9 Å². The molecule has 0 radical (unpaired) electrons. The van der Waals surface area contributed by atoms with Gasteiger partial charge in [0, 0.05) is 17.9 Å². The smallest absolute Gasteiger partial charge is 0.337 e. The second kappa shape index (κ2) is 13.7. The third kappa shape index (κ3) is 7.06. The molecule has 0 unspecified atom stereocenters. The summed E-state index contributed by atoms with van der Waals surface area (Å²) in [6.45, 7) is 0.974. The van der Waals surface area contributed by atoms with Gasteiger partial charge < -0.3 is 54.0 Å². The first-order valence-electron chi connectivity index (χ1n) is 12.2. The van der Waals surface area contributed by atoms with Crippen LogP contribution in [-0.4, -0.2) is 102 Å². The number of esters is 2. The minimum Gasteiger partial charge on any atom is -0.504 e. The summed E-state index contributed by atoms with van der Waals surface area (Å²) in [5.41, 5.74) is 1.05. The van der Waals surface area contributed by atoms with E-state index in [1.54, 1.807) is 25.1 Å². The average molecular weight is 555 g/mol. The quantitative estimate of drug-likeness (QED) is 0.187. The van der Waals surface area contributed by atoms with Gasteiger partial charge in [-0.3, -0.25) is 4.79 Å². The number of carbonyl (C=O) groups is 2. The highest BCUT2D eigenvalue weighted by molar-refractivity contribution is 5.90. The molecule has 13 nitrogen and oxygen atoms in total. The van der Waals surface area contributed by atoms with Gasteiger partial charge in [-0.25, -0.2) is 4.79 Å². The molecule has 0 aliphatic carbocycles. The maximum Gasteiger partial charge on any atom is 0.337 e. The van der Waals surface area contributed by atoms with E-state index in [1.807, 2.05) is 0 Å². The van der Waals surface area contributed by atoms with E-state index in [4.69, 9.17) is 28.4 Å². The van der Waals surface area contributed by atoms with Crippen LogP contribution in [0, 0.1) is 5.92 Å². The second-order valence-electron chi connectivity index (χ2n) is 8.89. The number of ether oxygens (including phenoxy) is 6. The molecule has 2 aliphatic heterocycles. The standard InChI is InChI=1S/C26H34O13/c1-4-14-15(10-20(29)36-8-7-13-5-6-18(34-2)17(28)9-13)16(24(33)35-3)12-37-25(14)39-26-23(32)22(31)21(30)19(11-27)38-26/h4-6,9,12,15,19,21-23,25-28,30-32H,7-8,10-11H2,1-3H3/t15-,19+,21+,22-,23+,25-,26-/m0/s1. The zero-order valence-electron chi connectivity index (χ0n) is 21.8. The van der Waals surface area contributed by atoms with Crippen LogP contribution in [-0.2, 0) is 39.7 Å². The lowest BCUT2D eigenvalue weighted by Crippen LogP contribution is -2.60. The van der Waals surface area contributed by atoms with E-state index in [-0.39, 0.29) is 24.4 Å². The predicted molar refractivity (Wildman–Crippen MR) is 131 cm³/mol. The average Bonchev–Trinajstić information content (AvgIpc) is 2.93. The lowest BCUT2D eigenvalue weighted by molar-refractivity contribution is -0.327. The summed E-state index contributed by atoms with van der Waals surface area (Å²) >= 11 is 0. The van der Waals surface area contributed by atoms with Crippen molar-refractivity contribution in [1.82, 2.24) is 0 Å². The highest BCUT2D eigenvalue weighted by atomic mass is 16.8. The minimum absolute atomic E-state index is 0.00106. The third-order valence-corrected chi connectivity index (χ3v) is 6.50. The minimum atomic E-state index is -1.68. The first-order valence-corrected chi connectivity index (χ1v) is 12.2. The van der Waals surface area contributed by atoms with Gasteiger partial charge in [-0.15, -0.1) is 0 Å². The van der Waals surface area contributed by atoms with Crippen molar-refractivity contribution in [1.29, 1.82) is 0 Å². The molecule has 2 heterocycles. The van der Waals surface area contributed by atoms with Gasteiger partial charge in [-0.05, 0) is 24.6 Å². The number of phenols is 1. The van der Waals surface area contributed by atoms with E-state index < -0.39 is 61.5 Å². The van der Waals surface area contributed by atoms with E-state index in [0.29, 0.717) is 23.3 Å². The van der Waals surface area contributed by atoms with Crippen molar-refractivity contribution in [3.05, 3.63) is 47.2 Å². The molecule has 216 valence electrons. The molecule has 1 aromatic carbocycles. The molecule has 39 heavy (non-hydrogen) atoms. The number of aliphatic hydroxyl groups is 4. The van der Waals surface area contributed by atoms with Crippen LogP contribution < -0.4 is 4.74 Å². The molecule has 0 spiro atoms. The van der Waals surface area contributed by atoms with Crippen molar-refractivity contribution >= 4 is 11.9 Å². The molecule has 13 heteroatoms. The fourth-order valence-corrected chi connectivity index (χ4v) is 4.32. The second-order valence-corrected chi connectivity index (χ2v) is 8.89. The van der Waals surface area contributed by atoms with E-state index in [9.17, 15) is 35.1 Å². The normalized spacial score (nSPS) is 29.8. The number of allylic oxidation sites excluding steroid dienone is 1. The monoisotopic (exact) mass is 554 g/mol. The fraction of sp³-hybridized carbons (Fsp3) is 0.538. The Morgan fingerprint density at radius 1 is 1.10 bits per heavy atom. The van der Waals surface area contributed by atoms with Gasteiger partial charge in [0.05, 0.1) is 45.7 Å². The highest BCUT2D eigenvalue weighted by Crippen LogP contribution is 2.36. The van der Waals surface area contributed by atoms with Gasteiger partial charge in [0.25, 0.3) is 0 Å². The molecule has 0 amide bonds. The summed E-state index contributed by atoms with van der Waals surface area (Å²) in [5, 5.41) is 49.7. The molecule has 0 aromatic heterocycles. The molecule has 1 saturated heterocycles. The lowest BCUT2D eigenvalue weighted by Gasteiger charge is -2.41. The Balaban J connectivity index is 1.70. The number of carbonyl (C=O) groups excluding carboxylic acids is 2. The van der Waals surface area contributed by atoms with E-state index in [1.165, 1.54) is 20.3 Å². The number of aliphatic hydroxyl groups excluding tert-OH is 4. The molecule has 1 fully saturated rings. The Labute approximate surface area is 224 Å². The van der Waals surface area contributed by atoms with Gasteiger partial charge in [0.1, 0.15) is 24.4 Å². The van der Waals surface area contributed by atoms with Crippen molar-refractivity contribution in [3.8, 4) is 11.5 Å². The van der Waals surface area contributed by atoms with E-state index in [0.717, 1.165) is 6.26 Å². The van der Waals surface area contributed by atoms with Crippen LogP contribution >= 0.6 is 0 Å². The summed E-state index contributed by atoms with van der Waals surface area (Å²) in [6, 6.07) is 4.82. The summed E-state index contributed by atoms with van der Waals surface area (Å²) in [5.74, 6) is -1.99. The number of hydrogen-bond donors (Lipinski definition) is 5. The first-order chi connectivity index (χ1) is 18.6. The van der Waals surface area contributed by atoms with Crippen molar-refractivity contribution in [3.63, 3.8) is 0 Å². The maximum atomic E-state index is 12.8. The number of aromatic hydroxyl groups is 1. The molecule has 5 N–H and O–H groups in total. The molecular weight excluding hydrogens is 520 g/mol. The van der Waals surface area contributed by atoms with Crippen LogP contribution in [0.3, 0.4) is 0 Å². The number of rotatable bonds is 10. The third-order valence-electron chi connectivity index (χ3n) is 6.50. The van der Waals surface area contributed by atoms with Crippen LogP contribution in [0.25, 0.3) is 0 Å². The Morgan fingerprint density at radius 3 is 2.46 bits per heavy atom. The largest absolute Gasteiger partial charge is 0.504 e. The Hall–Kier alpha value is -3.20. The van der Waals surface area contributed by atoms with Gasteiger partial charge in [-0.2, -0.15) is 0 Å². The lowest BCUT2D eigenvalue weighted by atomic mass is 9.86. The van der Waals surface area contributed by atoms with Crippen LogP contribution in [0.2, 0.25) is 0 Å². The molecule has 2 aliphatic rings. The van der Waals surface area contributed by atoms with Crippen molar-refractivity contribution < 1.29 is 63.5 Å². The Morgan fingerprint density at radius 2 is 1.85 bits per heavy atom. The Bertz CT molecular complexity index is 1070. The summed E-state index contributed by atoms with van der Waals surface area (Å²) in [6.07, 6.45) is -6.24. The van der Waals surface area contributed by atoms with E-state index in [2.05, 4.69) is 0 Å².